The minimum absolute atomic E-state index is 0.165. The second-order valence-corrected chi connectivity index (χ2v) is 7.80. The summed E-state index contributed by atoms with van der Waals surface area (Å²) in [4.78, 5) is 14.5. The maximum Gasteiger partial charge on any atom is 0.283 e. The van der Waals surface area contributed by atoms with Crippen LogP contribution < -0.4 is 0 Å². The zero-order valence-electron chi connectivity index (χ0n) is 17.6. The number of rotatable bonds is 9. The van der Waals surface area contributed by atoms with E-state index in [1.165, 1.54) is 12.3 Å². The van der Waals surface area contributed by atoms with Crippen LogP contribution in [0.25, 0.3) is 17.7 Å². The largest absolute Gasteiger partial charge is 0.459 e. The van der Waals surface area contributed by atoms with Crippen LogP contribution in [0.15, 0.2) is 33.3 Å². The third-order valence-corrected chi connectivity index (χ3v) is 4.77. The lowest BCUT2D eigenvalue weighted by atomic mass is 10.2. The van der Waals surface area contributed by atoms with Crippen molar-refractivity contribution in [1.82, 2.24) is 24.9 Å². The van der Waals surface area contributed by atoms with Crippen LogP contribution in [-0.2, 0) is 17.9 Å². The summed E-state index contributed by atoms with van der Waals surface area (Å²) >= 11 is 6.46. The fourth-order valence-electron chi connectivity index (χ4n) is 3.00. The highest BCUT2D eigenvalue weighted by Crippen LogP contribution is 2.23. The van der Waals surface area contributed by atoms with Gasteiger partial charge in [-0.25, -0.2) is 0 Å². The van der Waals surface area contributed by atoms with E-state index in [4.69, 9.17) is 20.4 Å². The normalized spacial score (nSPS) is 11.7. The molecule has 0 unspecified atom stereocenters. The van der Waals surface area contributed by atoms with Gasteiger partial charge in [-0.3, -0.25) is 9.48 Å². The van der Waals surface area contributed by atoms with Crippen LogP contribution in [-0.4, -0.2) is 37.3 Å². The van der Waals surface area contributed by atoms with E-state index in [1.807, 2.05) is 13.8 Å². The van der Waals surface area contributed by atoms with Crippen LogP contribution in [0.3, 0.4) is 0 Å². The van der Waals surface area contributed by atoms with E-state index in [-0.39, 0.29) is 18.3 Å². The van der Waals surface area contributed by atoms with Crippen molar-refractivity contribution >= 4 is 23.6 Å². The number of hydrogen-bond acceptors (Lipinski definition) is 6. The Kier molecular flexibility index (Phi) is 7.10. The minimum Gasteiger partial charge on any atom is -0.459 e. The Morgan fingerprint density at radius 3 is 2.83 bits per heavy atom. The molecule has 0 fully saturated rings. The molecule has 3 aromatic rings. The Bertz CT molecular complexity index is 1000. The molecule has 0 spiro atoms. The zero-order valence-corrected chi connectivity index (χ0v) is 18.4. The smallest absolute Gasteiger partial charge is 0.283 e. The molecule has 30 heavy (non-hydrogen) atoms. The molecule has 0 saturated heterocycles. The van der Waals surface area contributed by atoms with Gasteiger partial charge in [0.1, 0.15) is 5.15 Å². The van der Waals surface area contributed by atoms with Gasteiger partial charge in [-0.1, -0.05) is 32.4 Å². The van der Waals surface area contributed by atoms with Crippen molar-refractivity contribution in [2.24, 2.45) is 5.92 Å². The van der Waals surface area contributed by atoms with Crippen molar-refractivity contribution in [3.8, 4) is 11.7 Å². The molecular weight excluding hydrogens is 406 g/mol. The summed E-state index contributed by atoms with van der Waals surface area (Å²) in [6.45, 7) is 9.57. The van der Waals surface area contributed by atoms with Crippen LogP contribution in [0.2, 0.25) is 5.15 Å². The Hall–Kier alpha value is -2.87. The van der Waals surface area contributed by atoms with Crippen molar-refractivity contribution in [3.05, 3.63) is 46.8 Å². The maximum atomic E-state index is 12.8. The number of carbonyl (C=O) groups excluding carboxylic acids is 1. The third kappa shape index (κ3) is 5.18. The van der Waals surface area contributed by atoms with Gasteiger partial charge in [0.25, 0.3) is 5.89 Å². The molecule has 160 valence electrons. The highest BCUT2D eigenvalue weighted by molar-refractivity contribution is 6.31. The highest BCUT2D eigenvalue weighted by Gasteiger charge is 2.18. The number of carbonyl (C=O) groups is 1. The molecule has 8 nitrogen and oxygen atoms in total. The first-order valence-corrected chi connectivity index (χ1v) is 10.3. The summed E-state index contributed by atoms with van der Waals surface area (Å²) in [6, 6.07) is 3.48. The number of aryl methyl sites for hydroxylation is 1. The lowest BCUT2D eigenvalue weighted by molar-refractivity contribution is -0.126. The van der Waals surface area contributed by atoms with Gasteiger partial charge in [0.2, 0.25) is 11.8 Å². The average Bonchev–Trinajstić information content (AvgIpc) is 3.42. The first-order chi connectivity index (χ1) is 14.4. The van der Waals surface area contributed by atoms with E-state index in [0.717, 1.165) is 24.2 Å². The highest BCUT2D eigenvalue weighted by atomic mass is 35.5. The van der Waals surface area contributed by atoms with Crippen LogP contribution in [0.5, 0.6) is 0 Å². The van der Waals surface area contributed by atoms with E-state index in [0.29, 0.717) is 29.3 Å². The van der Waals surface area contributed by atoms with Gasteiger partial charge in [-0.15, -0.1) is 10.2 Å². The molecule has 0 N–H and O–H groups in total. The summed E-state index contributed by atoms with van der Waals surface area (Å²) in [5, 5.41) is 13.0. The second kappa shape index (κ2) is 9.75. The van der Waals surface area contributed by atoms with Crippen molar-refractivity contribution in [3.63, 3.8) is 0 Å². The Morgan fingerprint density at radius 2 is 2.17 bits per heavy atom. The molecule has 3 aromatic heterocycles. The molecule has 1 amide bonds. The summed E-state index contributed by atoms with van der Waals surface area (Å²) in [5.74, 6) is 1.37. The SMILES string of the molecule is CCCN(Cc1nnc(-c2ccco2)o1)C(=O)/C=C/c1c(C)nn(CC(C)C)c1Cl. The maximum absolute atomic E-state index is 12.8. The zero-order chi connectivity index (χ0) is 21.7. The number of furan rings is 1. The Morgan fingerprint density at radius 1 is 1.37 bits per heavy atom. The lowest BCUT2D eigenvalue weighted by Crippen LogP contribution is -2.29. The summed E-state index contributed by atoms with van der Waals surface area (Å²) < 4.78 is 12.7. The van der Waals surface area contributed by atoms with Crippen molar-refractivity contribution in [1.29, 1.82) is 0 Å². The first kappa shape index (κ1) is 21.8. The van der Waals surface area contributed by atoms with E-state index in [1.54, 1.807) is 27.8 Å². The van der Waals surface area contributed by atoms with Crippen LogP contribution in [0.1, 0.15) is 44.3 Å². The topological polar surface area (TPSA) is 90.2 Å². The van der Waals surface area contributed by atoms with Gasteiger partial charge in [-0.05, 0) is 37.5 Å². The molecule has 9 heteroatoms. The third-order valence-electron chi connectivity index (χ3n) is 4.37. The van der Waals surface area contributed by atoms with Gasteiger partial charge in [0.15, 0.2) is 5.76 Å². The van der Waals surface area contributed by atoms with Gasteiger partial charge in [0.05, 0.1) is 18.5 Å². The van der Waals surface area contributed by atoms with Crippen molar-refractivity contribution in [2.75, 3.05) is 6.54 Å². The fourth-order valence-corrected chi connectivity index (χ4v) is 3.31. The lowest BCUT2D eigenvalue weighted by Gasteiger charge is -2.18. The van der Waals surface area contributed by atoms with Crippen molar-refractivity contribution < 1.29 is 13.6 Å². The number of halogens is 1. The van der Waals surface area contributed by atoms with Crippen LogP contribution >= 0.6 is 11.6 Å². The molecule has 0 aromatic carbocycles. The molecule has 0 bridgehead atoms. The molecule has 0 aliphatic rings. The van der Waals surface area contributed by atoms with E-state index < -0.39 is 0 Å². The number of nitrogens with zero attached hydrogens (tertiary/aromatic N) is 5. The molecular formula is C21H26ClN5O3. The first-order valence-electron chi connectivity index (χ1n) is 9.95. The monoisotopic (exact) mass is 431 g/mol. The molecule has 0 aliphatic carbocycles. The molecule has 3 heterocycles. The minimum atomic E-state index is -0.165. The van der Waals surface area contributed by atoms with Gasteiger partial charge in [-0.2, -0.15) is 5.10 Å². The standard InChI is InChI=1S/C21H26ClN5O3/c1-5-10-26(13-18-23-24-21(30-18)17-7-6-11-29-17)19(28)9-8-16-15(4)25-27(20(16)22)12-14(2)3/h6-9,11,14H,5,10,12-13H2,1-4H3/b9-8+. The summed E-state index contributed by atoms with van der Waals surface area (Å²) in [7, 11) is 0. The second-order valence-electron chi connectivity index (χ2n) is 7.44. The van der Waals surface area contributed by atoms with Gasteiger partial charge >= 0.3 is 0 Å². The molecule has 3 rings (SSSR count). The quantitative estimate of drug-likeness (QED) is 0.460. The molecule has 0 atom stereocenters. The Balaban J connectivity index is 1.72. The summed E-state index contributed by atoms with van der Waals surface area (Å²) in [5.41, 5.74) is 1.53. The number of aromatic nitrogens is 4. The molecule has 0 radical (unpaired) electrons. The number of hydrogen-bond donors (Lipinski definition) is 0. The van der Waals surface area contributed by atoms with Crippen molar-refractivity contribution in [2.45, 2.75) is 47.2 Å². The summed E-state index contributed by atoms with van der Waals surface area (Å²) in [6.07, 6.45) is 5.56. The molecule has 0 saturated carbocycles. The predicted octanol–water partition coefficient (Wildman–Crippen LogP) is 4.60. The fraction of sp³-hybridized carbons (Fsp3) is 0.429. The Labute approximate surface area is 180 Å². The molecule has 0 aliphatic heterocycles. The predicted molar refractivity (Wildman–Crippen MR) is 114 cm³/mol. The average molecular weight is 432 g/mol. The van der Waals surface area contributed by atoms with E-state index >= 15 is 0 Å². The van der Waals surface area contributed by atoms with Gasteiger partial charge in [0, 0.05) is 24.7 Å². The van der Waals surface area contributed by atoms with E-state index in [9.17, 15) is 4.79 Å². The van der Waals surface area contributed by atoms with Gasteiger partial charge < -0.3 is 13.7 Å². The van der Waals surface area contributed by atoms with Crippen LogP contribution in [0, 0.1) is 12.8 Å². The van der Waals surface area contributed by atoms with E-state index in [2.05, 4.69) is 29.1 Å². The van der Waals surface area contributed by atoms with Crippen LogP contribution in [0.4, 0.5) is 0 Å². The number of amides is 1.